The Morgan fingerprint density at radius 2 is 1.92 bits per heavy atom. The molecule has 0 unspecified atom stereocenters. The highest BCUT2D eigenvalue weighted by Crippen LogP contribution is 2.34. The van der Waals surface area contributed by atoms with E-state index in [1.807, 2.05) is 37.4 Å². The molecule has 0 aliphatic rings. The zero-order chi connectivity index (χ0) is 26.3. The van der Waals surface area contributed by atoms with Crippen LogP contribution in [0.5, 0.6) is 0 Å². The Kier molecular flexibility index (Phi) is 6.07. The number of aromatic nitrogens is 4. The number of carbonyl (C=O) groups excluding carboxylic acids is 2. The first-order valence-electron chi connectivity index (χ1n) is 12.2. The molecule has 0 aliphatic carbocycles. The van der Waals surface area contributed by atoms with Crippen LogP contribution in [-0.4, -0.2) is 43.2 Å². The van der Waals surface area contributed by atoms with Gasteiger partial charge in [-0.1, -0.05) is 18.2 Å². The summed E-state index contributed by atoms with van der Waals surface area (Å²) in [5.41, 5.74) is 4.62. The van der Waals surface area contributed by atoms with Crippen LogP contribution in [0.2, 0.25) is 0 Å². The molecule has 3 heterocycles. The van der Waals surface area contributed by atoms with Gasteiger partial charge < -0.3 is 24.9 Å². The highest BCUT2D eigenvalue weighted by atomic mass is 16.6. The van der Waals surface area contributed by atoms with E-state index in [1.54, 1.807) is 27.0 Å². The Morgan fingerprint density at radius 3 is 2.65 bits per heavy atom. The van der Waals surface area contributed by atoms with Gasteiger partial charge >= 0.3 is 6.09 Å². The van der Waals surface area contributed by atoms with E-state index in [1.165, 1.54) is 6.33 Å². The van der Waals surface area contributed by atoms with Crippen molar-refractivity contribution >= 4 is 50.5 Å². The Morgan fingerprint density at radius 1 is 1.14 bits per heavy atom. The van der Waals surface area contributed by atoms with Gasteiger partial charge in [0.05, 0.1) is 17.4 Å². The van der Waals surface area contributed by atoms with E-state index in [9.17, 15) is 9.59 Å². The number of anilines is 1. The van der Waals surface area contributed by atoms with Crippen LogP contribution >= 0.6 is 0 Å². The molecule has 5 aromatic rings. The molecular weight excluding hydrogens is 468 g/mol. The van der Waals surface area contributed by atoms with Gasteiger partial charge in [-0.25, -0.2) is 14.8 Å². The Balaban J connectivity index is 1.47. The topological polar surface area (TPSA) is 114 Å². The molecule has 0 saturated heterocycles. The highest BCUT2D eigenvalue weighted by molar-refractivity contribution is 6.13. The predicted octanol–water partition coefficient (Wildman–Crippen LogP) is 4.99. The van der Waals surface area contributed by atoms with Gasteiger partial charge in [0.15, 0.2) is 0 Å². The number of hydrogen-bond donors (Lipinski definition) is 3. The lowest BCUT2D eigenvalue weighted by molar-refractivity contribution is -0.118. The number of aryl methyl sites for hydroxylation is 2. The molecule has 0 spiro atoms. The lowest BCUT2D eigenvalue weighted by atomic mass is 10.0. The van der Waals surface area contributed by atoms with Crippen molar-refractivity contribution in [2.45, 2.75) is 45.8 Å². The van der Waals surface area contributed by atoms with Crippen LogP contribution in [0.3, 0.4) is 0 Å². The number of hydrogen-bond acceptors (Lipinski definition) is 5. The number of para-hydroxylation sites is 1. The molecule has 2 amide bonds. The van der Waals surface area contributed by atoms with Crippen LogP contribution in [0.1, 0.15) is 32.0 Å². The third-order valence-electron chi connectivity index (χ3n) is 6.33. The van der Waals surface area contributed by atoms with E-state index in [0.717, 1.165) is 38.4 Å². The predicted molar refractivity (Wildman–Crippen MR) is 145 cm³/mol. The summed E-state index contributed by atoms with van der Waals surface area (Å²) in [6, 6.07) is 13.0. The smallest absolute Gasteiger partial charge is 0.408 e. The monoisotopic (exact) mass is 498 g/mol. The summed E-state index contributed by atoms with van der Waals surface area (Å²) in [4.78, 5) is 37.7. The second kappa shape index (κ2) is 9.24. The van der Waals surface area contributed by atoms with Crippen molar-refractivity contribution in [3.63, 3.8) is 0 Å². The van der Waals surface area contributed by atoms with Crippen molar-refractivity contribution in [3.05, 3.63) is 66.2 Å². The van der Waals surface area contributed by atoms with E-state index in [-0.39, 0.29) is 12.3 Å². The van der Waals surface area contributed by atoms with Gasteiger partial charge in [-0.15, -0.1) is 0 Å². The number of nitrogens with one attached hydrogen (secondary N) is 3. The minimum absolute atomic E-state index is 0.232. The summed E-state index contributed by atoms with van der Waals surface area (Å²) >= 11 is 0. The first kappa shape index (κ1) is 24.3. The second-order valence-corrected chi connectivity index (χ2v) is 10.2. The number of benzene rings is 2. The van der Waals surface area contributed by atoms with Gasteiger partial charge in [0.25, 0.3) is 0 Å². The lowest BCUT2D eigenvalue weighted by Gasteiger charge is -2.23. The molecule has 0 radical (unpaired) electrons. The summed E-state index contributed by atoms with van der Waals surface area (Å²) in [6.07, 6.45) is 2.72. The van der Waals surface area contributed by atoms with Gasteiger partial charge in [0, 0.05) is 47.2 Å². The van der Waals surface area contributed by atoms with Gasteiger partial charge in [0.2, 0.25) is 5.91 Å². The summed E-state index contributed by atoms with van der Waals surface area (Å²) in [6.45, 7) is 7.40. The average Bonchev–Trinajstić information content (AvgIpc) is 3.45. The van der Waals surface area contributed by atoms with Crippen molar-refractivity contribution in [1.82, 2.24) is 24.8 Å². The number of rotatable bonds is 5. The Labute approximate surface area is 214 Å². The van der Waals surface area contributed by atoms with Crippen molar-refractivity contribution in [2.75, 3.05) is 5.32 Å². The number of ether oxygens (including phenoxy) is 1. The fourth-order valence-corrected chi connectivity index (χ4v) is 4.65. The standard InChI is InChI=1S/C28H30N6O3/c1-16-20-12-17(10-11-21(20)32-25-24(16)19-8-6-7-9-23(19)34(25)5)31-26(35)22(13-18-14-29-15-30-18)33-27(36)37-28(2,3)4/h6-12,14-15,22H,13H2,1-5H3,(H,29,30)(H,31,35)(H,33,36)/t22-/m0/s1. The van der Waals surface area contributed by atoms with Gasteiger partial charge in [0.1, 0.15) is 17.3 Å². The molecule has 9 nitrogen and oxygen atoms in total. The number of alkyl carbamates (subject to hydrolysis) is 1. The van der Waals surface area contributed by atoms with E-state index in [4.69, 9.17) is 9.72 Å². The van der Waals surface area contributed by atoms with Crippen LogP contribution in [0.4, 0.5) is 10.5 Å². The van der Waals surface area contributed by atoms with E-state index < -0.39 is 17.7 Å². The Hall–Kier alpha value is -4.40. The number of pyridine rings is 1. The number of imidazole rings is 1. The average molecular weight is 499 g/mol. The Bertz CT molecular complexity index is 1630. The molecule has 0 fully saturated rings. The number of carbonyl (C=O) groups is 2. The molecule has 5 rings (SSSR count). The largest absolute Gasteiger partial charge is 0.444 e. The van der Waals surface area contributed by atoms with Crippen LogP contribution in [-0.2, 0) is 23.0 Å². The summed E-state index contributed by atoms with van der Waals surface area (Å²) in [5, 5.41) is 8.83. The number of aromatic amines is 1. The number of amides is 2. The molecule has 9 heteroatoms. The van der Waals surface area contributed by atoms with Gasteiger partial charge in [-0.2, -0.15) is 0 Å². The first-order valence-corrected chi connectivity index (χ1v) is 12.2. The number of H-pyrrole nitrogens is 1. The van der Waals surface area contributed by atoms with Crippen molar-refractivity contribution in [1.29, 1.82) is 0 Å². The number of fused-ring (bicyclic) bond motifs is 4. The minimum atomic E-state index is -0.870. The van der Waals surface area contributed by atoms with Crippen LogP contribution in [0.15, 0.2) is 55.0 Å². The van der Waals surface area contributed by atoms with E-state index >= 15 is 0 Å². The maximum Gasteiger partial charge on any atom is 0.408 e. The summed E-state index contributed by atoms with van der Waals surface area (Å²) < 4.78 is 7.48. The second-order valence-electron chi connectivity index (χ2n) is 10.2. The maximum atomic E-state index is 13.3. The SMILES string of the molecule is Cc1c2cc(NC(=O)[C@H](Cc3cnc[nH]3)NC(=O)OC(C)(C)C)ccc2nc2c1c1ccccc1n2C. The van der Waals surface area contributed by atoms with E-state index in [2.05, 4.69) is 44.2 Å². The van der Waals surface area contributed by atoms with Crippen LogP contribution < -0.4 is 10.6 Å². The minimum Gasteiger partial charge on any atom is -0.444 e. The first-order chi connectivity index (χ1) is 17.6. The molecule has 3 N–H and O–H groups in total. The molecule has 190 valence electrons. The van der Waals surface area contributed by atoms with Crippen LogP contribution in [0, 0.1) is 6.92 Å². The molecule has 2 aromatic carbocycles. The lowest BCUT2D eigenvalue weighted by Crippen LogP contribution is -2.47. The molecule has 37 heavy (non-hydrogen) atoms. The van der Waals surface area contributed by atoms with Crippen molar-refractivity contribution in [2.24, 2.45) is 7.05 Å². The zero-order valence-electron chi connectivity index (χ0n) is 21.5. The molecule has 0 bridgehead atoms. The molecular formula is C28H30N6O3. The van der Waals surface area contributed by atoms with Crippen LogP contribution in [0.25, 0.3) is 32.8 Å². The highest BCUT2D eigenvalue weighted by Gasteiger charge is 2.25. The number of nitrogens with zero attached hydrogens (tertiary/aromatic N) is 3. The van der Waals surface area contributed by atoms with E-state index in [0.29, 0.717) is 11.4 Å². The normalized spacial score (nSPS) is 12.7. The quantitative estimate of drug-likeness (QED) is 0.316. The molecule has 1 atom stereocenters. The molecule has 3 aromatic heterocycles. The van der Waals surface area contributed by atoms with Crippen molar-refractivity contribution in [3.8, 4) is 0 Å². The van der Waals surface area contributed by atoms with Crippen molar-refractivity contribution < 1.29 is 14.3 Å². The summed E-state index contributed by atoms with van der Waals surface area (Å²) in [7, 11) is 2.02. The van der Waals surface area contributed by atoms with Gasteiger partial charge in [-0.05, 0) is 57.5 Å². The third kappa shape index (κ3) is 4.84. The molecule has 0 saturated carbocycles. The van der Waals surface area contributed by atoms with Gasteiger partial charge in [-0.3, -0.25) is 4.79 Å². The summed E-state index contributed by atoms with van der Waals surface area (Å²) in [5.74, 6) is -0.364. The maximum absolute atomic E-state index is 13.3. The zero-order valence-corrected chi connectivity index (χ0v) is 21.5. The third-order valence-corrected chi connectivity index (χ3v) is 6.33. The molecule has 0 aliphatic heterocycles. The fraction of sp³-hybridized carbons (Fsp3) is 0.286. The fourth-order valence-electron chi connectivity index (χ4n) is 4.65.